The maximum atomic E-state index is 13.1. The summed E-state index contributed by atoms with van der Waals surface area (Å²) in [5, 5.41) is 10.2. The number of carbonyl (C=O) groups is 2. The number of thiophene rings is 1. The van der Waals surface area contributed by atoms with Crippen molar-refractivity contribution in [2.45, 2.75) is 32.6 Å². The zero-order chi connectivity index (χ0) is 28.9. The Morgan fingerprint density at radius 2 is 1.57 bits per heavy atom. The molecule has 0 atom stereocenters. The Labute approximate surface area is 238 Å². The Balaban J connectivity index is 1.51. The number of para-hydroxylation sites is 1. The first-order valence-corrected chi connectivity index (χ1v) is 13.8. The highest BCUT2D eigenvalue weighted by molar-refractivity contribution is 7.14. The van der Waals surface area contributed by atoms with Crippen LogP contribution in [0.15, 0.2) is 60.7 Å². The van der Waals surface area contributed by atoms with E-state index in [4.69, 9.17) is 14.2 Å². The Morgan fingerprint density at radius 1 is 0.850 bits per heavy atom. The van der Waals surface area contributed by atoms with E-state index < -0.39 is 6.03 Å². The third-order valence-corrected chi connectivity index (χ3v) is 7.96. The molecule has 4 rings (SSSR count). The second-order valence-corrected chi connectivity index (χ2v) is 11.2. The van der Waals surface area contributed by atoms with Crippen LogP contribution in [0.1, 0.15) is 40.9 Å². The molecule has 0 aliphatic carbocycles. The van der Waals surface area contributed by atoms with Crippen LogP contribution in [0.3, 0.4) is 0 Å². The van der Waals surface area contributed by atoms with Crippen molar-refractivity contribution in [1.82, 2.24) is 5.32 Å². The second-order valence-electron chi connectivity index (χ2n) is 10.2. The lowest BCUT2D eigenvalue weighted by Crippen LogP contribution is -2.23. The number of hydrogen-bond acceptors (Lipinski definition) is 6. The highest BCUT2D eigenvalue weighted by Gasteiger charge is 2.24. The van der Waals surface area contributed by atoms with Crippen molar-refractivity contribution in [3.05, 3.63) is 76.0 Å². The van der Waals surface area contributed by atoms with Gasteiger partial charge in [-0.25, -0.2) is 4.79 Å². The van der Waals surface area contributed by atoms with Gasteiger partial charge in [0.15, 0.2) is 11.5 Å². The first-order chi connectivity index (χ1) is 19.2. The van der Waals surface area contributed by atoms with Gasteiger partial charge in [-0.15, -0.1) is 11.3 Å². The largest absolute Gasteiger partial charge is 0.493 e. The Morgan fingerprint density at radius 3 is 2.25 bits per heavy atom. The SMILES string of the molecule is CNC(=O)c1sc(C(C)(C)C)cc1NC(=O)Nc1ccc(OCCc2cccc(OC)c2OC)c2ccccc12. The number of nitrogens with one attached hydrogen (secondary N) is 3. The molecule has 8 nitrogen and oxygen atoms in total. The van der Waals surface area contributed by atoms with Crippen molar-refractivity contribution in [2.24, 2.45) is 0 Å². The Kier molecular flexibility index (Phi) is 8.84. The lowest BCUT2D eigenvalue weighted by molar-refractivity contribution is 0.0968. The summed E-state index contributed by atoms with van der Waals surface area (Å²) in [5.74, 6) is 1.84. The van der Waals surface area contributed by atoms with E-state index in [1.54, 1.807) is 21.3 Å². The molecule has 3 N–H and O–H groups in total. The van der Waals surface area contributed by atoms with Gasteiger partial charge in [-0.3, -0.25) is 4.79 Å². The standard InChI is InChI=1S/C31H35N3O5S/c1-31(2,3)26-18-23(28(40-26)29(35)32-4)34-30(36)33-22-14-15-24(21-12-8-7-11-20(21)22)39-17-16-19-10-9-13-25(37-5)27(19)38-6/h7-15,18H,16-17H2,1-6H3,(H,32,35)(H2,33,34,36). The van der Waals surface area contributed by atoms with E-state index in [0.717, 1.165) is 21.2 Å². The lowest BCUT2D eigenvalue weighted by atomic mass is 9.94. The first kappa shape index (κ1) is 28.8. The number of hydrogen-bond donors (Lipinski definition) is 3. The summed E-state index contributed by atoms with van der Waals surface area (Å²) < 4.78 is 17.1. The third kappa shape index (κ3) is 6.31. The molecule has 0 aliphatic heterocycles. The molecule has 0 bridgehead atoms. The van der Waals surface area contributed by atoms with Gasteiger partial charge >= 0.3 is 6.03 Å². The smallest absolute Gasteiger partial charge is 0.323 e. The molecule has 0 saturated heterocycles. The average molecular weight is 562 g/mol. The van der Waals surface area contributed by atoms with Crippen LogP contribution in [0, 0.1) is 0 Å². The zero-order valence-electron chi connectivity index (χ0n) is 23.6. The molecule has 0 radical (unpaired) electrons. The molecule has 1 aromatic heterocycles. The molecule has 0 spiro atoms. The molecule has 4 aromatic rings. The minimum Gasteiger partial charge on any atom is -0.493 e. The molecule has 210 valence electrons. The minimum atomic E-state index is -0.438. The normalized spacial score (nSPS) is 11.2. The highest BCUT2D eigenvalue weighted by atomic mass is 32.1. The molecule has 0 saturated carbocycles. The van der Waals surface area contributed by atoms with Gasteiger partial charge in [-0.1, -0.05) is 57.2 Å². The molecule has 3 aromatic carbocycles. The molecule has 9 heteroatoms. The van der Waals surface area contributed by atoms with Gasteiger partial charge in [0.05, 0.1) is 32.2 Å². The molecule has 40 heavy (non-hydrogen) atoms. The minimum absolute atomic E-state index is 0.159. The summed E-state index contributed by atoms with van der Waals surface area (Å²) in [4.78, 5) is 27.0. The lowest BCUT2D eigenvalue weighted by Gasteiger charge is -2.15. The van der Waals surface area contributed by atoms with E-state index in [-0.39, 0.29) is 11.3 Å². The monoisotopic (exact) mass is 561 g/mol. The van der Waals surface area contributed by atoms with E-state index in [0.29, 0.717) is 46.5 Å². The van der Waals surface area contributed by atoms with Crippen LogP contribution in [0.2, 0.25) is 0 Å². The van der Waals surface area contributed by atoms with E-state index in [2.05, 4.69) is 36.7 Å². The van der Waals surface area contributed by atoms with E-state index in [9.17, 15) is 9.59 Å². The number of anilines is 2. The highest BCUT2D eigenvalue weighted by Crippen LogP contribution is 2.36. The number of rotatable bonds is 9. The molecule has 0 fully saturated rings. The molecule has 0 unspecified atom stereocenters. The molecular weight excluding hydrogens is 526 g/mol. The molecule has 0 aliphatic rings. The van der Waals surface area contributed by atoms with Crippen molar-refractivity contribution in [3.8, 4) is 17.2 Å². The predicted octanol–water partition coefficient (Wildman–Crippen LogP) is 6.84. The average Bonchev–Trinajstić information content (AvgIpc) is 3.37. The summed E-state index contributed by atoms with van der Waals surface area (Å²) in [6.07, 6.45) is 0.627. The van der Waals surface area contributed by atoms with Gasteiger partial charge in [0.25, 0.3) is 5.91 Å². The van der Waals surface area contributed by atoms with Crippen LogP contribution in [-0.4, -0.2) is 39.8 Å². The van der Waals surface area contributed by atoms with E-state index >= 15 is 0 Å². The Hall–Kier alpha value is -4.24. The van der Waals surface area contributed by atoms with Crippen LogP contribution < -0.4 is 30.2 Å². The van der Waals surface area contributed by atoms with Gasteiger partial charge < -0.3 is 30.2 Å². The number of ether oxygens (including phenoxy) is 3. The molecular formula is C31H35N3O5S. The van der Waals surface area contributed by atoms with Crippen molar-refractivity contribution in [3.63, 3.8) is 0 Å². The maximum Gasteiger partial charge on any atom is 0.323 e. The fourth-order valence-corrected chi connectivity index (χ4v) is 5.46. The van der Waals surface area contributed by atoms with Crippen LogP contribution in [0.5, 0.6) is 17.2 Å². The van der Waals surface area contributed by atoms with Crippen LogP contribution in [0.25, 0.3) is 10.8 Å². The number of amides is 3. The van der Waals surface area contributed by atoms with Gasteiger partial charge in [-0.2, -0.15) is 0 Å². The quantitative estimate of drug-likeness (QED) is 0.208. The summed E-state index contributed by atoms with van der Waals surface area (Å²) in [7, 11) is 4.81. The number of urea groups is 1. The summed E-state index contributed by atoms with van der Waals surface area (Å²) in [6.45, 7) is 6.63. The van der Waals surface area contributed by atoms with Crippen molar-refractivity contribution >= 4 is 45.4 Å². The van der Waals surface area contributed by atoms with Gasteiger partial charge in [0, 0.05) is 34.7 Å². The number of fused-ring (bicyclic) bond motifs is 1. The number of benzene rings is 3. The van der Waals surface area contributed by atoms with Crippen molar-refractivity contribution in [1.29, 1.82) is 0 Å². The Bertz CT molecular complexity index is 1520. The van der Waals surface area contributed by atoms with E-state index in [1.165, 1.54) is 11.3 Å². The number of carbonyl (C=O) groups excluding carboxylic acids is 2. The van der Waals surface area contributed by atoms with Crippen LogP contribution in [0.4, 0.5) is 16.2 Å². The summed E-state index contributed by atoms with van der Waals surface area (Å²) >= 11 is 1.38. The third-order valence-electron chi connectivity index (χ3n) is 6.40. The van der Waals surface area contributed by atoms with Crippen molar-refractivity contribution in [2.75, 3.05) is 38.5 Å². The molecule has 1 heterocycles. The fourth-order valence-electron chi connectivity index (χ4n) is 4.34. The maximum absolute atomic E-state index is 13.1. The van der Waals surface area contributed by atoms with Gasteiger partial charge in [0.2, 0.25) is 0 Å². The second kappa shape index (κ2) is 12.3. The van der Waals surface area contributed by atoms with Gasteiger partial charge in [0.1, 0.15) is 10.6 Å². The summed E-state index contributed by atoms with van der Waals surface area (Å²) in [6, 6.07) is 18.6. The number of methoxy groups -OCH3 is 2. The summed E-state index contributed by atoms with van der Waals surface area (Å²) in [5.41, 5.74) is 1.93. The fraction of sp³-hybridized carbons (Fsp3) is 0.290. The zero-order valence-corrected chi connectivity index (χ0v) is 24.5. The van der Waals surface area contributed by atoms with Crippen LogP contribution in [-0.2, 0) is 11.8 Å². The van der Waals surface area contributed by atoms with Gasteiger partial charge in [-0.05, 0) is 29.7 Å². The predicted molar refractivity (Wildman–Crippen MR) is 162 cm³/mol. The van der Waals surface area contributed by atoms with Crippen LogP contribution >= 0.6 is 11.3 Å². The topological polar surface area (TPSA) is 97.9 Å². The first-order valence-electron chi connectivity index (χ1n) is 12.9. The molecule has 3 amide bonds. The van der Waals surface area contributed by atoms with Crippen molar-refractivity contribution < 1.29 is 23.8 Å². The van der Waals surface area contributed by atoms with E-state index in [1.807, 2.05) is 60.7 Å².